The number of hydrogen-bond donors (Lipinski definition) is 1. The number of aromatic nitrogens is 1. The van der Waals surface area contributed by atoms with Crippen molar-refractivity contribution in [1.29, 1.82) is 0 Å². The Kier molecular flexibility index (Phi) is 5.87. The van der Waals surface area contributed by atoms with E-state index in [-0.39, 0.29) is 18.6 Å². The first-order valence-corrected chi connectivity index (χ1v) is 7.33. The molecule has 102 valence electrons. The highest BCUT2D eigenvalue weighted by atomic mass is 32.2. The maximum absolute atomic E-state index is 11.6. The molecule has 0 saturated heterocycles. The van der Waals surface area contributed by atoms with E-state index in [1.807, 2.05) is 29.1 Å². The molecule has 0 spiro atoms. The van der Waals surface area contributed by atoms with Crippen molar-refractivity contribution in [3.63, 3.8) is 0 Å². The molecule has 0 radical (unpaired) electrons. The molecule has 0 saturated carbocycles. The molecule has 0 amide bonds. The standard InChI is InChI=1S/C11H18N2O4S/c1-17-11(14)5-4-10-18(15,16)12-6-9-13-7-2-3-8-13/h2-3,7-8,12H,4-6,9-10H2,1H3. The lowest BCUT2D eigenvalue weighted by atomic mass is 10.3. The molecule has 0 fully saturated rings. The van der Waals surface area contributed by atoms with E-state index in [2.05, 4.69) is 9.46 Å². The number of carbonyl (C=O) groups is 1. The zero-order valence-corrected chi connectivity index (χ0v) is 11.1. The minimum Gasteiger partial charge on any atom is -0.469 e. The van der Waals surface area contributed by atoms with Crippen LogP contribution in [0.4, 0.5) is 0 Å². The summed E-state index contributed by atoms with van der Waals surface area (Å²) in [6, 6.07) is 3.76. The topological polar surface area (TPSA) is 77.4 Å². The smallest absolute Gasteiger partial charge is 0.305 e. The second-order valence-electron chi connectivity index (χ2n) is 3.81. The Hall–Kier alpha value is -1.34. The third-order valence-electron chi connectivity index (χ3n) is 2.38. The van der Waals surface area contributed by atoms with Crippen LogP contribution in [0.25, 0.3) is 0 Å². The van der Waals surface area contributed by atoms with E-state index in [4.69, 9.17) is 0 Å². The summed E-state index contributed by atoms with van der Waals surface area (Å²) in [6.45, 7) is 0.929. The fourth-order valence-corrected chi connectivity index (χ4v) is 2.50. The van der Waals surface area contributed by atoms with Crippen molar-refractivity contribution in [2.24, 2.45) is 0 Å². The number of nitrogens with zero attached hydrogens (tertiary/aromatic N) is 1. The minimum atomic E-state index is -3.31. The first-order chi connectivity index (χ1) is 8.53. The zero-order valence-electron chi connectivity index (χ0n) is 10.3. The van der Waals surface area contributed by atoms with Crippen LogP contribution in [0.3, 0.4) is 0 Å². The molecule has 1 aromatic heterocycles. The average Bonchev–Trinajstić information content (AvgIpc) is 2.81. The van der Waals surface area contributed by atoms with Gasteiger partial charge in [-0.15, -0.1) is 0 Å². The monoisotopic (exact) mass is 274 g/mol. The Balaban J connectivity index is 2.21. The van der Waals surface area contributed by atoms with Crippen molar-refractivity contribution in [3.05, 3.63) is 24.5 Å². The predicted octanol–water partition coefficient (Wildman–Crippen LogP) is 0.361. The number of nitrogens with one attached hydrogen (secondary N) is 1. The summed E-state index contributed by atoms with van der Waals surface area (Å²) >= 11 is 0. The van der Waals surface area contributed by atoms with Gasteiger partial charge in [-0.3, -0.25) is 4.79 Å². The molecule has 1 rings (SSSR count). The number of ether oxygens (including phenoxy) is 1. The van der Waals surface area contributed by atoms with Gasteiger partial charge in [0.05, 0.1) is 12.9 Å². The van der Waals surface area contributed by atoms with Crippen LogP contribution in [0.1, 0.15) is 12.8 Å². The van der Waals surface area contributed by atoms with Crippen LogP contribution in [0.5, 0.6) is 0 Å². The van der Waals surface area contributed by atoms with Crippen LogP contribution in [0.2, 0.25) is 0 Å². The number of hydrogen-bond acceptors (Lipinski definition) is 4. The zero-order chi connectivity index (χ0) is 13.4. The highest BCUT2D eigenvalue weighted by Crippen LogP contribution is 1.97. The summed E-state index contributed by atoms with van der Waals surface area (Å²) in [7, 11) is -2.03. The number of methoxy groups -OCH3 is 1. The maximum atomic E-state index is 11.6. The second kappa shape index (κ2) is 7.17. The van der Waals surface area contributed by atoms with Crippen molar-refractivity contribution in [3.8, 4) is 0 Å². The van der Waals surface area contributed by atoms with Crippen LogP contribution in [0, 0.1) is 0 Å². The van der Waals surface area contributed by atoms with Gasteiger partial charge in [-0.1, -0.05) is 0 Å². The fourth-order valence-electron chi connectivity index (χ4n) is 1.43. The van der Waals surface area contributed by atoms with Gasteiger partial charge in [0.15, 0.2) is 0 Å². The SMILES string of the molecule is COC(=O)CCCS(=O)(=O)NCCn1cccc1. The van der Waals surface area contributed by atoms with E-state index in [0.29, 0.717) is 13.1 Å². The lowest BCUT2D eigenvalue weighted by Crippen LogP contribution is -2.29. The van der Waals surface area contributed by atoms with E-state index in [1.54, 1.807) is 0 Å². The molecule has 0 aromatic carbocycles. The summed E-state index contributed by atoms with van der Waals surface area (Å²) in [5.41, 5.74) is 0. The summed E-state index contributed by atoms with van der Waals surface area (Å²) < 4.78 is 31.9. The van der Waals surface area contributed by atoms with E-state index >= 15 is 0 Å². The number of sulfonamides is 1. The van der Waals surface area contributed by atoms with Crippen molar-refractivity contribution < 1.29 is 17.9 Å². The van der Waals surface area contributed by atoms with E-state index < -0.39 is 16.0 Å². The van der Waals surface area contributed by atoms with Gasteiger partial charge < -0.3 is 9.30 Å². The highest BCUT2D eigenvalue weighted by Gasteiger charge is 2.10. The molecule has 0 aliphatic rings. The van der Waals surface area contributed by atoms with Gasteiger partial charge in [0.2, 0.25) is 10.0 Å². The van der Waals surface area contributed by atoms with Crippen LogP contribution in [-0.2, 0) is 26.1 Å². The minimum absolute atomic E-state index is 0.0617. The molecular formula is C11H18N2O4S. The Morgan fingerprint density at radius 1 is 1.33 bits per heavy atom. The molecule has 0 aliphatic carbocycles. The van der Waals surface area contributed by atoms with E-state index in [9.17, 15) is 13.2 Å². The molecule has 0 bridgehead atoms. The van der Waals surface area contributed by atoms with Crippen molar-refractivity contribution >= 4 is 16.0 Å². The molecule has 1 N–H and O–H groups in total. The largest absolute Gasteiger partial charge is 0.469 e. The molecule has 18 heavy (non-hydrogen) atoms. The molecule has 7 heteroatoms. The van der Waals surface area contributed by atoms with Crippen molar-refractivity contribution in [2.45, 2.75) is 19.4 Å². The molecule has 0 unspecified atom stereocenters. The van der Waals surface area contributed by atoms with Gasteiger partial charge >= 0.3 is 5.97 Å². The first-order valence-electron chi connectivity index (χ1n) is 5.68. The van der Waals surface area contributed by atoms with E-state index in [1.165, 1.54) is 7.11 Å². The van der Waals surface area contributed by atoms with Gasteiger partial charge in [0.1, 0.15) is 0 Å². The number of esters is 1. The summed E-state index contributed by atoms with van der Waals surface area (Å²) in [4.78, 5) is 10.8. The summed E-state index contributed by atoms with van der Waals surface area (Å²) in [5, 5.41) is 0. The summed E-state index contributed by atoms with van der Waals surface area (Å²) in [6.07, 6.45) is 4.12. The van der Waals surface area contributed by atoms with Crippen LogP contribution in [-0.4, -0.2) is 38.4 Å². The second-order valence-corrected chi connectivity index (χ2v) is 5.74. The fraction of sp³-hybridized carbons (Fsp3) is 0.545. The van der Waals surface area contributed by atoms with Gasteiger partial charge in [-0.25, -0.2) is 13.1 Å². The average molecular weight is 274 g/mol. The van der Waals surface area contributed by atoms with Gasteiger partial charge in [-0.05, 0) is 18.6 Å². The third kappa shape index (κ3) is 5.83. The number of rotatable bonds is 8. The Morgan fingerprint density at radius 3 is 2.61 bits per heavy atom. The van der Waals surface area contributed by atoms with Crippen molar-refractivity contribution in [2.75, 3.05) is 19.4 Å². The van der Waals surface area contributed by atoms with Crippen LogP contribution < -0.4 is 4.72 Å². The predicted molar refractivity (Wildman–Crippen MR) is 67.5 cm³/mol. The normalized spacial score (nSPS) is 11.4. The molecular weight excluding hydrogens is 256 g/mol. The lowest BCUT2D eigenvalue weighted by Gasteiger charge is -2.07. The Bertz CT molecular complexity index is 453. The van der Waals surface area contributed by atoms with E-state index in [0.717, 1.165) is 0 Å². The van der Waals surface area contributed by atoms with Crippen LogP contribution >= 0.6 is 0 Å². The molecule has 1 aromatic rings. The maximum Gasteiger partial charge on any atom is 0.305 e. The molecule has 1 heterocycles. The quantitative estimate of drug-likeness (QED) is 0.694. The van der Waals surface area contributed by atoms with Gasteiger partial charge in [0, 0.05) is 31.9 Å². The van der Waals surface area contributed by atoms with Gasteiger partial charge in [0.25, 0.3) is 0 Å². The first kappa shape index (κ1) is 14.7. The van der Waals surface area contributed by atoms with Gasteiger partial charge in [-0.2, -0.15) is 0 Å². The van der Waals surface area contributed by atoms with Crippen LogP contribution in [0.15, 0.2) is 24.5 Å². The molecule has 6 nitrogen and oxygen atoms in total. The summed E-state index contributed by atoms with van der Waals surface area (Å²) in [5.74, 6) is -0.453. The Morgan fingerprint density at radius 2 is 2.00 bits per heavy atom. The lowest BCUT2D eigenvalue weighted by molar-refractivity contribution is -0.140. The third-order valence-corrected chi connectivity index (χ3v) is 3.85. The Labute approximate surface area is 107 Å². The molecule has 0 atom stereocenters. The van der Waals surface area contributed by atoms with Crippen molar-refractivity contribution in [1.82, 2.24) is 9.29 Å². The highest BCUT2D eigenvalue weighted by molar-refractivity contribution is 7.89. The number of carbonyl (C=O) groups excluding carboxylic acids is 1. The molecule has 0 aliphatic heterocycles.